The molecule has 0 aliphatic heterocycles. The van der Waals surface area contributed by atoms with Crippen LogP contribution in [0.5, 0.6) is 0 Å². The average Bonchev–Trinajstić information content (AvgIpc) is 2.67. The zero-order chi connectivity index (χ0) is 14.9. The van der Waals surface area contributed by atoms with Crippen LogP contribution in [-0.2, 0) is 11.3 Å². The van der Waals surface area contributed by atoms with E-state index in [1.54, 1.807) is 13.1 Å². The van der Waals surface area contributed by atoms with Crippen molar-refractivity contribution in [2.24, 2.45) is 0 Å². The molecule has 0 aliphatic carbocycles. The summed E-state index contributed by atoms with van der Waals surface area (Å²) >= 11 is 5.85. The molecule has 0 radical (unpaired) electrons. The monoisotopic (exact) mass is 295 g/mol. The fraction of sp³-hybridized carbons (Fsp3) is 0.429. The summed E-state index contributed by atoms with van der Waals surface area (Å²) in [5.74, 6) is 0. The van der Waals surface area contributed by atoms with Crippen LogP contribution in [0.15, 0.2) is 18.2 Å². The number of aromatic amines is 1. The highest BCUT2D eigenvalue weighted by Gasteiger charge is 2.20. The molecule has 2 rings (SSSR count). The number of hydrogen-bond donors (Lipinski definition) is 1. The molecule has 2 heterocycles. The standard InChI is InChI=1S/C14H18ClN3O2/c1-14(2,3)20-13(19)18(4)8-9-7-11-10(16-9)5-6-12(15)17-11/h5-7,16H,8H2,1-4H3. The van der Waals surface area contributed by atoms with Crippen LogP contribution >= 0.6 is 11.6 Å². The lowest BCUT2D eigenvalue weighted by Crippen LogP contribution is -2.33. The first-order valence-electron chi connectivity index (χ1n) is 6.33. The van der Waals surface area contributed by atoms with Gasteiger partial charge >= 0.3 is 6.09 Å². The number of H-pyrrole nitrogens is 1. The maximum atomic E-state index is 11.9. The summed E-state index contributed by atoms with van der Waals surface area (Å²) < 4.78 is 5.30. The molecule has 1 N–H and O–H groups in total. The normalized spacial score (nSPS) is 11.7. The number of halogens is 1. The van der Waals surface area contributed by atoms with Gasteiger partial charge in [-0.25, -0.2) is 9.78 Å². The predicted octanol–water partition coefficient (Wildman–Crippen LogP) is 3.58. The van der Waals surface area contributed by atoms with Crippen LogP contribution in [0.2, 0.25) is 5.15 Å². The summed E-state index contributed by atoms with van der Waals surface area (Å²) in [5, 5.41) is 0.448. The highest BCUT2D eigenvalue weighted by molar-refractivity contribution is 6.29. The Hall–Kier alpha value is -1.75. The number of pyridine rings is 1. The van der Waals surface area contributed by atoms with Gasteiger partial charge in [0.2, 0.25) is 0 Å². The molecule has 2 aromatic heterocycles. The molecule has 0 aliphatic rings. The number of amides is 1. The van der Waals surface area contributed by atoms with Gasteiger partial charge in [0, 0.05) is 12.7 Å². The molecule has 2 aromatic rings. The van der Waals surface area contributed by atoms with Gasteiger partial charge in [0.1, 0.15) is 10.8 Å². The SMILES string of the molecule is CN(Cc1cc2nc(Cl)ccc2[nH]1)C(=O)OC(C)(C)C. The number of nitrogens with zero attached hydrogens (tertiary/aromatic N) is 2. The smallest absolute Gasteiger partial charge is 0.410 e. The van der Waals surface area contributed by atoms with Crippen molar-refractivity contribution < 1.29 is 9.53 Å². The summed E-state index contributed by atoms with van der Waals surface area (Å²) in [6, 6.07) is 5.46. The zero-order valence-corrected chi connectivity index (χ0v) is 12.8. The molecule has 0 spiro atoms. The number of carbonyl (C=O) groups excluding carboxylic acids is 1. The molecule has 0 fully saturated rings. The van der Waals surface area contributed by atoms with Crippen LogP contribution in [0.4, 0.5) is 4.79 Å². The van der Waals surface area contributed by atoms with E-state index >= 15 is 0 Å². The molecule has 5 nitrogen and oxygen atoms in total. The van der Waals surface area contributed by atoms with Crippen molar-refractivity contribution in [1.82, 2.24) is 14.9 Å². The lowest BCUT2D eigenvalue weighted by Gasteiger charge is -2.24. The van der Waals surface area contributed by atoms with Gasteiger partial charge < -0.3 is 14.6 Å². The fourth-order valence-corrected chi connectivity index (χ4v) is 1.94. The van der Waals surface area contributed by atoms with E-state index in [4.69, 9.17) is 16.3 Å². The highest BCUT2D eigenvalue weighted by Crippen LogP contribution is 2.17. The molecular formula is C14H18ClN3O2. The van der Waals surface area contributed by atoms with E-state index in [1.807, 2.05) is 32.9 Å². The lowest BCUT2D eigenvalue weighted by molar-refractivity contribution is 0.0283. The van der Waals surface area contributed by atoms with E-state index in [0.717, 1.165) is 16.7 Å². The lowest BCUT2D eigenvalue weighted by atomic mass is 10.2. The van der Waals surface area contributed by atoms with Crippen LogP contribution in [0.3, 0.4) is 0 Å². The summed E-state index contributed by atoms with van der Waals surface area (Å²) in [6.45, 7) is 5.94. The van der Waals surface area contributed by atoms with Gasteiger partial charge in [-0.05, 0) is 39.0 Å². The van der Waals surface area contributed by atoms with Gasteiger partial charge in [0.25, 0.3) is 0 Å². The molecule has 6 heteroatoms. The van der Waals surface area contributed by atoms with Crippen LogP contribution in [-0.4, -0.2) is 33.6 Å². The first kappa shape index (κ1) is 14.7. The average molecular weight is 296 g/mol. The minimum absolute atomic E-state index is 0.359. The van der Waals surface area contributed by atoms with Crippen LogP contribution < -0.4 is 0 Å². The largest absolute Gasteiger partial charge is 0.444 e. The number of aromatic nitrogens is 2. The third-order valence-corrected chi connectivity index (χ3v) is 2.82. The minimum atomic E-state index is -0.499. The van der Waals surface area contributed by atoms with E-state index in [2.05, 4.69) is 9.97 Å². The molecule has 108 valence electrons. The Balaban J connectivity index is 2.09. The maximum absolute atomic E-state index is 11.9. The molecule has 0 unspecified atom stereocenters. The van der Waals surface area contributed by atoms with E-state index in [1.165, 1.54) is 4.90 Å². The Morgan fingerprint density at radius 1 is 1.45 bits per heavy atom. The third-order valence-electron chi connectivity index (χ3n) is 2.61. The molecule has 20 heavy (non-hydrogen) atoms. The van der Waals surface area contributed by atoms with Crippen LogP contribution in [0.1, 0.15) is 26.5 Å². The summed E-state index contributed by atoms with van der Waals surface area (Å²) in [7, 11) is 1.69. The molecule has 1 amide bonds. The van der Waals surface area contributed by atoms with Crippen molar-refractivity contribution in [3.05, 3.63) is 29.0 Å². The van der Waals surface area contributed by atoms with Gasteiger partial charge in [-0.15, -0.1) is 0 Å². The Morgan fingerprint density at radius 2 is 2.15 bits per heavy atom. The zero-order valence-electron chi connectivity index (χ0n) is 12.0. The van der Waals surface area contributed by atoms with Crippen molar-refractivity contribution in [1.29, 1.82) is 0 Å². The number of nitrogens with one attached hydrogen (secondary N) is 1. The molecule has 0 saturated carbocycles. The van der Waals surface area contributed by atoms with E-state index in [-0.39, 0.29) is 6.09 Å². The summed E-state index contributed by atoms with van der Waals surface area (Å²) in [5.41, 5.74) is 2.05. The van der Waals surface area contributed by atoms with Crippen LogP contribution in [0, 0.1) is 0 Å². The van der Waals surface area contributed by atoms with Gasteiger partial charge in [-0.1, -0.05) is 11.6 Å². The Morgan fingerprint density at radius 3 is 2.80 bits per heavy atom. The van der Waals surface area contributed by atoms with E-state index in [9.17, 15) is 4.79 Å². The first-order chi connectivity index (χ1) is 9.24. The topological polar surface area (TPSA) is 58.2 Å². The van der Waals surface area contributed by atoms with Crippen molar-refractivity contribution >= 4 is 28.7 Å². The Kier molecular flexibility index (Phi) is 3.90. The summed E-state index contributed by atoms with van der Waals surface area (Å²) in [6.07, 6.45) is -0.359. The Bertz CT molecular complexity index is 631. The maximum Gasteiger partial charge on any atom is 0.410 e. The van der Waals surface area contributed by atoms with Crippen molar-refractivity contribution in [2.45, 2.75) is 32.9 Å². The number of rotatable bonds is 2. The quantitative estimate of drug-likeness (QED) is 0.862. The molecule has 0 aromatic carbocycles. The molecule has 0 atom stereocenters. The second-order valence-electron chi connectivity index (χ2n) is 5.70. The fourth-order valence-electron chi connectivity index (χ4n) is 1.78. The van der Waals surface area contributed by atoms with Gasteiger partial charge in [-0.3, -0.25) is 0 Å². The molecule has 0 bridgehead atoms. The molecular weight excluding hydrogens is 278 g/mol. The van der Waals surface area contributed by atoms with Crippen molar-refractivity contribution in [3.63, 3.8) is 0 Å². The second-order valence-corrected chi connectivity index (χ2v) is 6.09. The van der Waals surface area contributed by atoms with Crippen molar-refractivity contribution in [3.8, 4) is 0 Å². The molecule has 0 saturated heterocycles. The number of fused-ring (bicyclic) bond motifs is 1. The second kappa shape index (κ2) is 5.32. The van der Waals surface area contributed by atoms with E-state index in [0.29, 0.717) is 11.7 Å². The van der Waals surface area contributed by atoms with Crippen LogP contribution in [0.25, 0.3) is 11.0 Å². The summed E-state index contributed by atoms with van der Waals surface area (Å²) in [4.78, 5) is 20.8. The third kappa shape index (κ3) is 3.63. The number of ether oxygens (including phenoxy) is 1. The van der Waals surface area contributed by atoms with Crippen molar-refractivity contribution in [2.75, 3.05) is 7.05 Å². The highest BCUT2D eigenvalue weighted by atomic mass is 35.5. The van der Waals surface area contributed by atoms with E-state index < -0.39 is 5.60 Å². The Labute approximate surface area is 122 Å². The number of hydrogen-bond acceptors (Lipinski definition) is 3. The van der Waals surface area contributed by atoms with Gasteiger partial charge in [-0.2, -0.15) is 0 Å². The van der Waals surface area contributed by atoms with Gasteiger partial charge in [0.15, 0.2) is 0 Å². The number of carbonyl (C=O) groups is 1. The van der Waals surface area contributed by atoms with Gasteiger partial charge in [0.05, 0.1) is 17.6 Å². The predicted molar refractivity (Wildman–Crippen MR) is 78.8 cm³/mol. The first-order valence-corrected chi connectivity index (χ1v) is 6.71. The minimum Gasteiger partial charge on any atom is -0.444 e.